The first-order valence-corrected chi connectivity index (χ1v) is 10.1. The Labute approximate surface area is 184 Å². The number of carbonyl (C=O) groups is 1. The van der Waals surface area contributed by atoms with E-state index in [1.165, 1.54) is 0 Å². The number of hydrogen-bond acceptors (Lipinski definition) is 5. The molecule has 4 aromatic rings. The van der Waals surface area contributed by atoms with E-state index in [-0.39, 0.29) is 12.5 Å². The van der Waals surface area contributed by atoms with Crippen LogP contribution in [0.3, 0.4) is 0 Å². The summed E-state index contributed by atoms with van der Waals surface area (Å²) in [5.74, 6) is -0.172. The zero-order valence-corrected chi connectivity index (χ0v) is 17.8. The van der Waals surface area contributed by atoms with Crippen LogP contribution in [0, 0.1) is 11.3 Å². The van der Waals surface area contributed by atoms with Crippen molar-refractivity contribution in [1.29, 1.82) is 5.26 Å². The van der Waals surface area contributed by atoms with Gasteiger partial charge in [0.2, 0.25) is 0 Å². The molecule has 0 spiro atoms. The number of carbonyl (C=O) groups excluding carboxylic acids is 1. The third-order valence-corrected chi connectivity index (χ3v) is 5.87. The van der Waals surface area contributed by atoms with Gasteiger partial charge >= 0.3 is 0 Å². The lowest BCUT2D eigenvalue weighted by atomic mass is 9.94. The van der Waals surface area contributed by atoms with Gasteiger partial charge in [0.05, 0.1) is 29.9 Å². The third kappa shape index (κ3) is 2.94. The molecule has 1 aliphatic rings. The normalized spacial score (nSPS) is 12.9. The highest BCUT2D eigenvalue weighted by Crippen LogP contribution is 2.38. The molecular weight excluding hydrogens is 402 g/mol. The average molecular weight is 423 g/mol. The van der Waals surface area contributed by atoms with Crippen LogP contribution < -0.4 is 5.73 Å². The molecule has 32 heavy (non-hydrogen) atoms. The molecule has 158 valence electrons. The van der Waals surface area contributed by atoms with Gasteiger partial charge in [-0.15, -0.1) is 0 Å². The maximum absolute atomic E-state index is 13.0. The Bertz CT molecular complexity index is 1470. The molecule has 8 heteroatoms. The number of rotatable bonds is 4. The first-order chi connectivity index (χ1) is 15.4. The molecule has 8 nitrogen and oxygen atoms in total. The van der Waals surface area contributed by atoms with E-state index in [4.69, 9.17) is 16.1 Å². The Balaban J connectivity index is 1.64. The maximum atomic E-state index is 13.0. The molecule has 1 aliphatic heterocycles. The van der Waals surface area contributed by atoms with Gasteiger partial charge in [-0.05, 0) is 34.9 Å². The van der Waals surface area contributed by atoms with Gasteiger partial charge in [-0.1, -0.05) is 18.7 Å². The summed E-state index contributed by atoms with van der Waals surface area (Å²) in [6.07, 6.45) is 3.74. The summed E-state index contributed by atoms with van der Waals surface area (Å²) in [4.78, 5) is 14.6. The van der Waals surface area contributed by atoms with Gasteiger partial charge in [-0.25, -0.2) is 0 Å². The molecule has 2 N–H and O–H groups in total. The molecule has 0 atom stereocenters. The van der Waals surface area contributed by atoms with Crippen molar-refractivity contribution in [1.82, 2.24) is 24.5 Å². The van der Waals surface area contributed by atoms with Crippen LogP contribution in [0.1, 0.15) is 15.9 Å². The van der Waals surface area contributed by atoms with Crippen LogP contribution in [-0.4, -0.2) is 36.9 Å². The summed E-state index contributed by atoms with van der Waals surface area (Å²) in [6.45, 7) is 4.29. The van der Waals surface area contributed by atoms with Crippen molar-refractivity contribution in [2.75, 3.05) is 12.3 Å². The molecule has 0 unspecified atom stereocenters. The van der Waals surface area contributed by atoms with Crippen LogP contribution in [0.5, 0.6) is 0 Å². The van der Waals surface area contributed by atoms with Gasteiger partial charge in [0.25, 0.3) is 5.91 Å². The third-order valence-electron chi connectivity index (χ3n) is 5.87. The van der Waals surface area contributed by atoms with E-state index < -0.39 is 0 Å². The number of nitrogens with zero attached hydrogens (tertiary/aromatic N) is 6. The van der Waals surface area contributed by atoms with Crippen molar-refractivity contribution < 1.29 is 4.79 Å². The van der Waals surface area contributed by atoms with Crippen molar-refractivity contribution in [3.63, 3.8) is 0 Å². The zero-order chi connectivity index (χ0) is 22.6. The number of nitrogen functional groups attached to an aromatic ring is 1. The predicted octanol–water partition coefficient (Wildman–Crippen LogP) is 3.26. The molecular formula is C24H21N7O. The van der Waals surface area contributed by atoms with Crippen molar-refractivity contribution in [3.05, 3.63) is 66.0 Å². The Morgan fingerprint density at radius 2 is 2.06 bits per heavy atom. The molecule has 0 radical (unpaired) electrons. The smallest absolute Gasteiger partial charge is 0.256 e. The molecule has 0 fully saturated rings. The standard InChI is InChI=1S/C24H21N7O/c1-14(9-25)11-31-13-19-17(5-6-20(26)22(19)24(31)32)15-4-7-21-18(8-15)23(28-30(21)3)16-10-27-29(2)12-16/h4-8,10,12H,1,11,13,26H2,2-3H3. The lowest BCUT2D eigenvalue weighted by Crippen LogP contribution is -2.26. The highest BCUT2D eigenvalue weighted by Gasteiger charge is 2.32. The van der Waals surface area contributed by atoms with Gasteiger partial charge in [0.15, 0.2) is 0 Å². The number of anilines is 1. The quantitative estimate of drug-likeness (QED) is 0.401. The lowest BCUT2D eigenvalue weighted by molar-refractivity contribution is 0.0794. The number of nitriles is 1. The number of benzene rings is 2. The number of aryl methyl sites for hydroxylation is 2. The molecule has 3 heterocycles. The van der Waals surface area contributed by atoms with Crippen LogP contribution in [0.15, 0.2) is 54.9 Å². The first-order valence-electron chi connectivity index (χ1n) is 10.1. The topological polar surface area (TPSA) is 106 Å². The van der Waals surface area contributed by atoms with Gasteiger partial charge in [0.1, 0.15) is 5.69 Å². The van der Waals surface area contributed by atoms with E-state index in [0.717, 1.165) is 38.9 Å². The van der Waals surface area contributed by atoms with E-state index >= 15 is 0 Å². The average Bonchev–Trinajstić information content (AvgIpc) is 3.44. The van der Waals surface area contributed by atoms with Crippen LogP contribution in [0.4, 0.5) is 5.69 Å². The summed E-state index contributed by atoms with van der Waals surface area (Å²) in [5, 5.41) is 19.1. The van der Waals surface area contributed by atoms with E-state index in [1.54, 1.807) is 21.8 Å². The second kappa shape index (κ2) is 7.10. The fourth-order valence-corrected chi connectivity index (χ4v) is 4.36. The molecule has 2 aromatic heterocycles. The molecule has 2 aromatic carbocycles. The number of fused-ring (bicyclic) bond motifs is 2. The first kappa shape index (κ1) is 19.6. The number of aromatic nitrogens is 4. The van der Waals surface area contributed by atoms with Crippen molar-refractivity contribution >= 4 is 22.5 Å². The highest BCUT2D eigenvalue weighted by molar-refractivity contribution is 6.06. The summed E-state index contributed by atoms with van der Waals surface area (Å²) < 4.78 is 3.61. The highest BCUT2D eigenvalue weighted by atomic mass is 16.2. The predicted molar refractivity (Wildman–Crippen MR) is 122 cm³/mol. The summed E-state index contributed by atoms with van der Waals surface area (Å²) in [5.41, 5.74) is 13.0. The minimum absolute atomic E-state index is 0.172. The molecule has 5 rings (SSSR count). The Morgan fingerprint density at radius 1 is 1.25 bits per heavy atom. The maximum Gasteiger partial charge on any atom is 0.256 e. The van der Waals surface area contributed by atoms with Gasteiger partial charge < -0.3 is 10.6 Å². The molecule has 0 aliphatic carbocycles. The summed E-state index contributed by atoms with van der Waals surface area (Å²) in [6, 6.07) is 11.9. The van der Waals surface area contributed by atoms with Crippen molar-refractivity contribution in [3.8, 4) is 28.5 Å². The largest absolute Gasteiger partial charge is 0.398 e. The van der Waals surface area contributed by atoms with Gasteiger partial charge in [0, 0.05) is 49.0 Å². The van der Waals surface area contributed by atoms with Crippen molar-refractivity contribution in [2.24, 2.45) is 14.1 Å². The fraction of sp³-hybridized carbons (Fsp3) is 0.167. The minimum atomic E-state index is -0.172. The van der Waals surface area contributed by atoms with Gasteiger partial charge in [-0.2, -0.15) is 15.5 Å². The van der Waals surface area contributed by atoms with Crippen LogP contribution in [-0.2, 0) is 20.6 Å². The fourth-order valence-electron chi connectivity index (χ4n) is 4.36. The minimum Gasteiger partial charge on any atom is -0.398 e. The Morgan fingerprint density at radius 3 is 2.78 bits per heavy atom. The van der Waals surface area contributed by atoms with E-state index in [0.29, 0.717) is 23.4 Å². The molecule has 0 bridgehead atoms. The van der Waals surface area contributed by atoms with Crippen LogP contribution in [0.25, 0.3) is 33.3 Å². The number of nitrogens with two attached hydrogens (primary N) is 1. The Kier molecular flexibility index (Phi) is 4.34. The van der Waals surface area contributed by atoms with E-state index in [1.807, 2.05) is 49.2 Å². The van der Waals surface area contributed by atoms with E-state index in [9.17, 15) is 4.79 Å². The molecule has 0 saturated heterocycles. The Hall–Kier alpha value is -4.38. The van der Waals surface area contributed by atoms with Crippen molar-refractivity contribution in [2.45, 2.75) is 6.54 Å². The van der Waals surface area contributed by atoms with E-state index in [2.05, 4.69) is 17.7 Å². The second-order valence-electron chi connectivity index (χ2n) is 8.04. The van der Waals surface area contributed by atoms with Crippen LogP contribution >= 0.6 is 0 Å². The second-order valence-corrected chi connectivity index (χ2v) is 8.04. The number of hydrogen-bond donors (Lipinski definition) is 1. The summed E-state index contributed by atoms with van der Waals surface area (Å²) in [7, 11) is 3.79. The molecule has 0 saturated carbocycles. The van der Waals surface area contributed by atoms with Gasteiger partial charge in [-0.3, -0.25) is 14.2 Å². The monoisotopic (exact) mass is 423 g/mol. The number of amides is 1. The lowest BCUT2D eigenvalue weighted by Gasteiger charge is -2.14. The zero-order valence-electron chi connectivity index (χ0n) is 17.8. The van der Waals surface area contributed by atoms with Crippen LogP contribution in [0.2, 0.25) is 0 Å². The SMILES string of the molecule is C=C(C#N)CN1Cc2c(-c3ccc4c(c3)c(-c3cnn(C)c3)nn4C)ccc(N)c2C1=O. The molecule has 1 amide bonds. The summed E-state index contributed by atoms with van der Waals surface area (Å²) >= 11 is 0.